The maximum Gasteiger partial charge on any atom is 0.248 e. The van der Waals surface area contributed by atoms with E-state index in [1.165, 1.54) is 6.08 Å². The van der Waals surface area contributed by atoms with Crippen molar-refractivity contribution in [2.45, 2.75) is 25.4 Å². The van der Waals surface area contributed by atoms with Crippen molar-refractivity contribution in [2.75, 3.05) is 18.4 Å². The average molecular weight is 354 g/mol. The molecule has 0 atom stereocenters. The van der Waals surface area contributed by atoms with E-state index < -0.39 is 0 Å². The van der Waals surface area contributed by atoms with Gasteiger partial charge in [-0.2, -0.15) is 0 Å². The highest BCUT2D eigenvalue weighted by Gasteiger charge is 2.21. The summed E-state index contributed by atoms with van der Waals surface area (Å²) in [5.74, 6) is 0.423. The lowest BCUT2D eigenvalue weighted by atomic mass is 10.1. The molecule has 0 aliphatic carbocycles. The number of nitrogens with one attached hydrogen (secondary N) is 1. The molecule has 26 heavy (non-hydrogen) atoms. The van der Waals surface area contributed by atoms with Crippen LogP contribution in [0.3, 0.4) is 0 Å². The zero-order valence-corrected chi connectivity index (χ0v) is 14.4. The molecule has 2 N–H and O–H groups in total. The molecule has 0 saturated carbocycles. The van der Waals surface area contributed by atoms with Gasteiger partial charge in [-0.3, -0.25) is 9.59 Å². The summed E-state index contributed by atoms with van der Waals surface area (Å²) in [5.41, 5.74) is 1.56. The molecule has 1 aromatic carbocycles. The van der Waals surface area contributed by atoms with Crippen molar-refractivity contribution in [1.29, 1.82) is 0 Å². The molecular formula is C20H22N2O4. The Bertz CT molecular complexity index is 758. The highest BCUT2D eigenvalue weighted by Crippen LogP contribution is 2.14. The van der Waals surface area contributed by atoms with Crippen LogP contribution in [0.25, 0.3) is 6.08 Å². The summed E-state index contributed by atoms with van der Waals surface area (Å²) >= 11 is 0. The Morgan fingerprint density at radius 1 is 1.19 bits per heavy atom. The number of rotatable bonds is 5. The van der Waals surface area contributed by atoms with Crippen LogP contribution in [0.5, 0.6) is 0 Å². The zero-order valence-electron chi connectivity index (χ0n) is 14.4. The van der Waals surface area contributed by atoms with Gasteiger partial charge in [-0.1, -0.05) is 12.1 Å². The second kappa shape index (κ2) is 8.49. The lowest BCUT2D eigenvalue weighted by molar-refractivity contribution is -0.132. The van der Waals surface area contributed by atoms with Crippen molar-refractivity contribution in [1.82, 2.24) is 4.90 Å². The lowest BCUT2D eigenvalue weighted by Gasteiger charge is -2.29. The van der Waals surface area contributed by atoms with Crippen LogP contribution < -0.4 is 5.32 Å². The predicted molar refractivity (Wildman–Crippen MR) is 98.3 cm³/mol. The summed E-state index contributed by atoms with van der Waals surface area (Å²) in [4.78, 5) is 26.0. The largest absolute Gasteiger partial charge is 0.465 e. The van der Waals surface area contributed by atoms with Gasteiger partial charge in [0.05, 0.1) is 18.8 Å². The molecule has 0 radical (unpaired) electrons. The number of hydrogen-bond donors (Lipinski definition) is 2. The summed E-state index contributed by atoms with van der Waals surface area (Å²) in [6, 6.07) is 10.7. The number of aliphatic hydroxyl groups is 1. The Morgan fingerprint density at radius 2 is 1.92 bits per heavy atom. The third-order valence-corrected chi connectivity index (χ3v) is 4.34. The summed E-state index contributed by atoms with van der Waals surface area (Å²) in [5, 5.41) is 12.3. The van der Waals surface area contributed by atoms with Gasteiger partial charge >= 0.3 is 0 Å². The van der Waals surface area contributed by atoms with E-state index in [4.69, 9.17) is 4.42 Å². The number of nitrogens with zero attached hydrogens (tertiary/aromatic N) is 1. The first-order valence-corrected chi connectivity index (χ1v) is 8.67. The predicted octanol–water partition coefficient (Wildman–Crippen LogP) is 2.46. The number of benzene rings is 1. The molecule has 2 aromatic rings. The SMILES string of the molecule is O=C(C=Cc1ccco1)Nc1ccc(CC(=O)N2CCC(O)CC2)cc1. The van der Waals surface area contributed by atoms with E-state index in [9.17, 15) is 14.7 Å². The molecule has 1 aromatic heterocycles. The Hall–Kier alpha value is -2.86. The maximum absolute atomic E-state index is 12.3. The second-order valence-electron chi connectivity index (χ2n) is 6.32. The van der Waals surface area contributed by atoms with Crippen LogP contribution in [0.15, 0.2) is 53.2 Å². The van der Waals surface area contributed by atoms with Gasteiger partial charge in [-0.05, 0) is 48.7 Å². The summed E-state index contributed by atoms with van der Waals surface area (Å²) < 4.78 is 5.13. The molecule has 0 unspecified atom stereocenters. The van der Waals surface area contributed by atoms with E-state index >= 15 is 0 Å². The van der Waals surface area contributed by atoms with Gasteiger partial charge in [0.1, 0.15) is 5.76 Å². The summed E-state index contributed by atoms with van der Waals surface area (Å²) in [6.07, 6.45) is 5.86. The summed E-state index contributed by atoms with van der Waals surface area (Å²) in [7, 11) is 0. The van der Waals surface area contributed by atoms with E-state index in [0.29, 0.717) is 43.8 Å². The maximum atomic E-state index is 12.3. The van der Waals surface area contributed by atoms with Crippen LogP contribution >= 0.6 is 0 Å². The Kier molecular flexibility index (Phi) is 5.86. The number of aliphatic hydroxyl groups excluding tert-OH is 1. The van der Waals surface area contributed by atoms with E-state index in [2.05, 4.69) is 5.32 Å². The lowest BCUT2D eigenvalue weighted by Crippen LogP contribution is -2.40. The first-order chi connectivity index (χ1) is 12.6. The molecule has 6 nitrogen and oxygen atoms in total. The van der Waals surface area contributed by atoms with Crippen LogP contribution in [-0.4, -0.2) is 41.0 Å². The van der Waals surface area contributed by atoms with Crippen LogP contribution in [0, 0.1) is 0 Å². The van der Waals surface area contributed by atoms with Gasteiger partial charge in [0.2, 0.25) is 11.8 Å². The molecule has 1 fully saturated rings. The Morgan fingerprint density at radius 3 is 2.58 bits per heavy atom. The van der Waals surface area contributed by atoms with Crippen molar-refractivity contribution in [3.63, 3.8) is 0 Å². The molecule has 2 amide bonds. The molecule has 136 valence electrons. The van der Waals surface area contributed by atoms with Gasteiger partial charge in [0.15, 0.2) is 0 Å². The number of piperidine rings is 1. The number of likely N-dealkylation sites (tertiary alicyclic amines) is 1. The highest BCUT2D eigenvalue weighted by molar-refractivity contribution is 6.01. The van der Waals surface area contributed by atoms with Gasteiger partial charge < -0.3 is 19.7 Å². The van der Waals surface area contributed by atoms with Crippen molar-refractivity contribution < 1.29 is 19.1 Å². The third-order valence-electron chi connectivity index (χ3n) is 4.34. The first-order valence-electron chi connectivity index (χ1n) is 8.67. The molecule has 6 heteroatoms. The van der Waals surface area contributed by atoms with Crippen molar-refractivity contribution in [3.8, 4) is 0 Å². The standard InChI is InChI=1S/C20H22N2O4/c23-17-9-11-22(12-10-17)20(25)14-15-3-5-16(6-4-15)21-19(24)8-7-18-2-1-13-26-18/h1-8,13,17,23H,9-12,14H2,(H,21,24). The van der Waals surface area contributed by atoms with Crippen LogP contribution in [0.4, 0.5) is 5.69 Å². The fraction of sp³-hybridized carbons (Fsp3) is 0.300. The number of carbonyl (C=O) groups is 2. The van der Waals surface area contributed by atoms with E-state index in [1.807, 2.05) is 12.1 Å². The number of anilines is 1. The zero-order chi connectivity index (χ0) is 18.4. The Balaban J connectivity index is 1.50. The number of carbonyl (C=O) groups excluding carboxylic acids is 2. The number of hydrogen-bond acceptors (Lipinski definition) is 4. The quantitative estimate of drug-likeness (QED) is 0.808. The molecule has 2 heterocycles. The van der Waals surface area contributed by atoms with E-state index in [0.717, 1.165) is 5.56 Å². The molecule has 1 aliphatic heterocycles. The first kappa shape index (κ1) is 17.9. The van der Waals surface area contributed by atoms with Gasteiger partial charge in [-0.15, -0.1) is 0 Å². The van der Waals surface area contributed by atoms with Crippen LogP contribution in [-0.2, 0) is 16.0 Å². The minimum absolute atomic E-state index is 0.0649. The fourth-order valence-electron chi connectivity index (χ4n) is 2.84. The van der Waals surface area contributed by atoms with E-state index in [-0.39, 0.29) is 17.9 Å². The van der Waals surface area contributed by atoms with Crippen molar-refractivity contribution >= 4 is 23.6 Å². The van der Waals surface area contributed by atoms with Crippen molar-refractivity contribution in [2.24, 2.45) is 0 Å². The van der Waals surface area contributed by atoms with Gasteiger partial charge in [0.25, 0.3) is 0 Å². The fourth-order valence-corrected chi connectivity index (χ4v) is 2.84. The van der Waals surface area contributed by atoms with E-state index in [1.54, 1.807) is 41.5 Å². The smallest absolute Gasteiger partial charge is 0.248 e. The highest BCUT2D eigenvalue weighted by atomic mass is 16.3. The Labute approximate surface area is 152 Å². The number of amides is 2. The van der Waals surface area contributed by atoms with Gasteiger partial charge in [0, 0.05) is 24.9 Å². The van der Waals surface area contributed by atoms with Crippen LogP contribution in [0.2, 0.25) is 0 Å². The molecule has 0 spiro atoms. The minimum atomic E-state index is -0.288. The minimum Gasteiger partial charge on any atom is -0.465 e. The molecule has 1 aliphatic rings. The monoisotopic (exact) mass is 354 g/mol. The normalized spacial score (nSPS) is 15.3. The summed E-state index contributed by atoms with van der Waals surface area (Å²) in [6.45, 7) is 1.21. The average Bonchev–Trinajstić information content (AvgIpc) is 3.16. The van der Waals surface area contributed by atoms with Gasteiger partial charge in [-0.25, -0.2) is 0 Å². The van der Waals surface area contributed by atoms with Crippen molar-refractivity contribution in [3.05, 3.63) is 60.1 Å². The van der Waals surface area contributed by atoms with Crippen LogP contribution in [0.1, 0.15) is 24.2 Å². The third kappa shape index (κ3) is 5.07. The second-order valence-corrected chi connectivity index (χ2v) is 6.32. The molecule has 3 rings (SSSR count). The molecule has 0 bridgehead atoms. The molecule has 1 saturated heterocycles. The topological polar surface area (TPSA) is 82.8 Å². The number of furan rings is 1. The molecular weight excluding hydrogens is 332 g/mol.